The minimum absolute atomic E-state index is 0.133. The third-order valence-electron chi connectivity index (χ3n) is 3.28. The molecule has 124 valence electrons. The highest BCUT2D eigenvalue weighted by atomic mass is 16.8. The first kappa shape index (κ1) is 18.3. The lowest BCUT2D eigenvalue weighted by Gasteiger charge is -2.33. The molecule has 1 aliphatic rings. The van der Waals surface area contributed by atoms with Gasteiger partial charge in [-0.1, -0.05) is 12.1 Å². The summed E-state index contributed by atoms with van der Waals surface area (Å²) in [6, 6.07) is 0. The van der Waals surface area contributed by atoms with E-state index in [4.69, 9.17) is 19.4 Å². The lowest BCUT2D eigenvalue weighted by atomic mass is 9.84. The number of hydrogen-bond donors (Lipinski definition) is 3. The highest BCUT2D eigenvalue weighted by molar-refractivity contribution is 5.63. The van der Waals surface area contributed by atoms with Crippen molar-refractivity contribution in [3.63, 3.8) is 0 Å². The van der Waals surface area contributed by atoms with Gasteiger partial charge in [0.05, 0.1) is 25.5 Å². The van der Waals surface area contributed by atoms with Crippen LogP contribution in [0.3, 0.4) is 0 Å². The Kier molecular flexibility index (Phi) is 5.74. The number of nitrogens with zero attached hydrogens (tertiary/aromatic N) is 1. The largest absolute Gasteiger partial charge is 0.411 e. The summed E-state index contributed by atoms with van der Waals surface area (Å²) in [4.78, 5) is 0. The molecule has 0 radical (unpaired) electrons. The molecule has 0 bridgehead atoms. The quantitative estimate of drug-likeness (QED) is 0.282. The Morgan fingerprint density at radius 1 is 1.29 bits per heavy atom. The van der Waals surface area contributed by atoms with E-state index in [1.165, 1.54) is 20.1 Å². The van der Waals surface area contributed by atoms with Gasteiger partial charge in [0.2, 0.25) is 0 Å². The SMILES string of the molecule is CC(C)(O)OC[C@@](C)(CO)CC1OC(C)(C)OC1/C=N\O. The number of aliphatic hydroxyl groups excluding tert-OH is 1. The van der Waals surface area contributed by atoms with Gasteiger partial charge < -0.3 is 29.6 Å². The summed E-state index contributed by atoms with van der Waals surface area (Å²) in [5, 5.41) is 31.0. The number of oxime groups is 1. The van der Waals surface area contributed by atoms with Crippen molar-refractivity contribution in [2.24, 2.45) is 10.6 Å². The number of rotatable bonds is 7. The van der Waals surface area contributed by atoms with Crippen molar-refractivity contribution in [1.82, 2.24) is 0 Å². The van der Waals surface area contributed by atoms with Crippen LogP contribution in [-0.2, 0) is 14.2 Å². The molecule has 21 heavy (non-hydrogen) atoms. The number of aliphatic hydroxyl groups is 2. The zero-order valence-corrected chi connectivity index (χ0v) is 13.4. The van der Waals surface area contributed by atoms with Gasteiger partial charge in [-0.25, -0.2) is 0 Å². The van der Waals surface area contributed by atoms with Gasteiger partial charge in [-0.2, -0.15) is 0 Å². The van der Waals surface area contributed by atoms with Crippen LogP contribution < -0.4 is 0 Å². The van der Waals surface area contributed by atoms with Crippen molar-refractivity contribution in [1.29, 1.82) is 0 Å². The van der Waals surface area contributed by atoms with Crippen LogP contribution in [0.4, 0.5) is 0 Å². The minimum Gasteiger partial charge on any atom is -0.411 e. The fourth-order valence-corrected chi connectivity index (χ4v) is 2.22. The van der Waals surface area contributed by atoms with Crippen molar-refractivity contribution in [2.75, 3.05) is 13.2 Å². The van der Waals surface area contributed by atoms with Crippen molar-refractivity contribution >= 4 is 6.21 Å². The van der Waals surface area contributed by atoms with Gasteiger partial charge in [-0.3, -0.25) is 0 Å². The molecule has 1 saturated heterocycles. The number of hydrogen-bond acceptors (Lipinski definition) is 7. The molecule has 0 amide bonds. The van der Waals surface area contributed by atoms with Crippen molar-refractivity contribution in [3.05, 3.63) is 0 Å². The smallest absolute Gasteiger partial charge is 0.164 e. The normalized spacial score (nSPS) is 28.9. The van der Waals surface area contributed by atoms with E-state index in [1.54, 1.807) is 13.8 Å². The Morgan fingerprint density at radius 3 is 2.38 bits per heavy atom. The molecule has 7 heteroatoms. The Balaban J connectivity index is 2.74. The number of ether oxygens (including phenoxy) is 3. The van der Waals surface area contributed by atoms with E-state index in [-0.39, 0.29) is 19.3 Å². The van der Waals surface area contributed by atoms with Gasteiger partial charge in [0.25, 0.3) is 0 Å². The van der Waals surface area contributed by atoms with Crippen LogP contribution in [0.5, 0.6) is 0 Å². The first-order valence-corrected chi connectivity index (χ1v) is 7.01. The highest BCUT2D eigenvalue weighted by Crippen LogP contribution is 2.35. The van der Waals surface area contributed by atoms with Gasteiger partial charge in [0, 0.05) is 5.41 Å². The second-order valence-corrected chi connectivity index (χ2v) is 6.81. The summed E-state index contributed by atoms with van der Waals surface area (Å²) in [6.07, 6.45) is 0.824. The predicted molar refractivity (Wildman–Crippen MR) is 76.2 cm³/mol. The molecule has 2 unspecified atom stereocenters. The van der Waals surface area contributed by atoms with E-state index in [9.17, 15) is 10.2 Å². The average molecular weight is 305 g/mol. The molecule has 0 aliphatic carbocycles. The molecule has 3 N–H and O–H groups in total. The third-order valence-corrected chi connectivity index (χ3v) is 3.28. The summed E-state index contributed by atoms with van der Waals surface area (Å²) < 4.78 is 16.8. The van der Waals surface area contributed by atoms with E-state index in [0.29, 0.717) is 6.42 Å². The summed E-state index contributed by atoms with van der Waals surface area (Å²) in [7, 11) is 0. The maximum absolute atomic E-state index is 9.65. The second kappa shape index (κ2) is 6.58. The van der Waals surface area contributed by atoms with Crippen molar-refractivity contribution in [2.45, 2.75) is 64.8 Å². The molecule has 0 saturated carbocycles. The monoisotopic (exact) mass is 305 g/mol. The predicted octanol–water partition coefficient (Wildman–Crippen LogP) is 1.10. The van der Waals surface area contributed by atoms with Gasteiger partial charge >= 0.3 is 0 Å². The van der Waals surface area contributed by atoms with Crippen LogP contribution in [0.15, 0.2) is 5.16 Å². The van der Waals surface area contributed by atoms with Gasteiger partial charge in [0.1, 0.15) is 6.10 Å². The van der Waals surface area contributed by atoms with Crippen LogP contribution in [-0.4, -0.2) is 58.6 Å². The Bertz CT molecular complexity index is 365. The molecule has 7 nitrogen and oxygen atoms in total. The van der Waals surface area contributed by atoms with E-state index in [1.807, 2.05) is 6.92 Å². The molecule has 0 aromatic rings. The minimum atomic E-state index is -1.27. The Morgan fingerprint density at radius 2 is 1.90 bits per heavy atom. The molecular weight excluding hydrogens is 278 g/mol. The van der Waals surface area contributed by atoms with Crippen molar-refractivity contribution in [3.8, 4) is 0 Å². The average Bonchev–Trinajstić information content (AvgIpc) is 2.61. The molecule has 1 aliphatic heterocycles. The van der Waals surface area contributed by atoms with Gasteiger partial charge in [0.15, 0.2) is 11.6 Å². The second-order valence-electron chi connectivity index (χ2n) is 6.81. The van der Waals surface area contributed by atoms with Crippen LogP contribution in [0.2, 0.25) is 0 Å². The fraction of sp³-hybridized carbons (Fsp3) is 0.929. The molecule has 0 aromatic heterocycles. The van der Waals surface area contributed by atoms with Crippen molar-refractivity contribution < 1.29 is 29.6 Å². The summed E-state index contributed by atoms with van der Waals surface area (Å²) in [5.74, 6) is -2.06. The van der Waals surface area contributed by atoms with Crippen LogP contribution in [0, 0.1) is 5.41 Å². The van der Waals surface area contributed by atoms with Crippen LogP contribution in [0.25, 0.3) is 0 Å². The van der Waals surface area contributed by atoms with Crippen LogP contribution in [0.1, 0.15) is 41.0 Å². The first-order valence-electron chi connectivity index (χ1n) is 7.01. The lowest BCUT2D eigenvalue weighted by Crippen LogP contribution is -2.39. The molecule has 0 aromatic carbocycles. The maximum Gasteiger partial charge on any atom is 0.164 e. The summed E-state index contributed by atoms with van der Waals surface area (Å²) in [5.41, 5.74) is -0.615. The van der Waals surface area contributed by atoms with E-state index >= 15 is 0 Å². The topological polar surface area (TPSA) is 101 Å². The zero-order valence-electron chi connectivity index (χ0n) is 13.4. The lowest BCUT2D eigenvalue weighted by molar-refractivity contribution is -0.201. The molecule has 1 fully saturated rings. The van der Waals surface area contributed by atoms with Gasteiger partial charge in [-0.05, 0) is 34.1 Å². The van der Waals surface area contributed by atoms with E-state index in [0.717, 1.165) is 0 Å². The van der Waals surface area contributed by atoms with Gasteiger partial charge in [-0.15, -0.1) is 0 Å². The molecule has 3 atom stereocenters. The molecule has 0 spiro atoms. The Hall–Kier alpha value is -0.730. The standard InChI is InChI=1S/C14H27NO6/c1-12(2,17)19-9-14(5,8-16)6-10-11(7-15-18)21-13(3,4)20-10/h7,10-11,16-18H,6,8-9H2,1-5H3/b15-7-/t10?,11?,14-/m1/s1. The molecule has 1 heterocycles. The summed E-state index contributed by atoms with van der Waals surface area (Å²) in [6.45, 7) is 8.47. The Labute approximate surface area is 125 Å². The van der Waals surface area contributed by atoms with E-state index in [2.05, 4.69) is 5.16 Å². The van der Waals surface area contributed by atoms with Crippen LogP contribution >= 0.6 is 0 Å². The highest BCUT2D eigenvalue weighted by Gasteiger charge is 2.44. The maximum atomic E-state index is 9.65. The third kappa shape index (κ3) is 5.88. The first-order chi connectivity index (χ1) is 9.50. The molecule has 1 rings (SSSR count). The van der Waals surface area contributed by atoms with E-state index < -0.39 is 23.1 Å². The fourth-order valence-electron chi connectivity index (χ4n) is 2.22. The summed E-state index contributed by atoms with van der Waals surface area (Å²) >= 11 is 0. The zero-order chi connectivity index (χ0) is 16.3. The molecular formula is C14H27NO6.